The van der Waals surface area contributed by atoms with Crippen molar-refractivity contribution >= 4 is 34.8 Å². The average Bonchev–Trinajstić information content (AvgIpc) is 2.78. The van der Waals surface area contributed by atoms with Crippen molar-refractivity contribution in [2.45, 2.75) is 12.8 Å². The minimum atomic E-state index is -0.162. The molecule has 0 spiro atoms. The fraction of sp³-hybridized carbons (Fsp3) is 0.348. The second-order valence-corrected chi connectivity index (χ2v) is 7.89. The number of carbonyl (C=O) groups excluding carboxylic acids is 3. The number of methoxy groups -OCH3 is 1. The first-order chi connectivity index (χ1) is 15.0. The normalized spacial score (nSPS) is 16.4. The molecule has 0 aromatic heterocycles. The Balaban J connectivity index is 1.37. The lowest BCUT2D eigenvalue weighted by Crippen LogP contribution is -2.41. The van der Waals surface area contributed by atoms with Crippen LogP contribution in [0.25, 0.3) is 0 Å². The SMILES string of the molecule is COc1ccccc1NC(=O)C1CCN(C(=O)c2ccc3c(c2)NC(=O)CN3C)CC1. The topological polar surface area (TPSA) is 91.0 Å². The second-order valence-electron chi connectivity index (χ2n) is 7.89. The summed E-state index contributed by atoms with van der Waals surface area (Å²) in [6, 6.07) is 12.7. The van der Waals surface area contributed by atoms with Crippen LogP contribution in [0.2, 0.25) is 0 Å². The van der Waals surface area contributed by atoms with Crippen molar-refractivity contribution in [1.82, 2.24) is 4.90 Å². The highest BCUT2D eigenvalue weighted by atomic mass is 16.5. The Kier molecular flexibility index (Phi) is 5.79. The number of carbonyl (C=O) groups is 3. The van der Waals surface area contributed by atoms with Crippen LogP contribution >= 0.6 is 0 Å². The molecule has 1 fully saturated rings. The van der Waals surface area contributed by atoms with Gasteiger partial charge in [-0.1, -0.05) is 12.1 Å². The van der Waals surface area contributed by atoms with Crippen molar-refractivity contribution < 1.29 is 19.1 Å². The molecule has 0 saturated carbocycles. The van der Waals surface area contributed by atoms with Gasteiger partial charge in [0.15, 0.2) is 0 Å². The monoisotopic (exact) mass is 422 g/mol. The third kappa shape index (κ3) is 4.33. The molecule has 2 aromatic carbocycles. The van der Waals surface area contributed by atoms with Crippen LogP contribution in [0.1, 0.15) is 23.2 Å². The number of fused-ring (bicyclic) bond motifs is 1. The van der Waals surface area contributed by atoms with E-state index in [-0.39, 0.29) is 23.6 Å². The molecule has 2 N–H and O–H groups in total. The van der Waals surface area contributed by atoms with Gasteiger partial charge in [-0.05, 0) is 43.2 Å². The van der Waals surface area contributed by atoms with Crippen LogP contribution in [0.5, 0.6) is 5.75 Å². The van der Waals surface area contributed by atoms with Crippen LogP contribution in [0, 0.1) is 5.92 Å². The van der Waals surface area contributed by atoms with Crippen molar-refractivity contribution in [2.75, 3.05) is 49.3 Å². The van der Waals surface area contributed by atoms with Gasteiger partial charge in [-0.2, -0.15) is 0 Å². The lowest BCUT2D eigenvalue weighted by atomic mass is 9.95. The van der Waals surface area contributed by atoms with Gasteiger partial charge in [0.2, 0.25) is 11.8 Å². The first-order valence-corrected chi connectivity index (χ1v) is 10.3. The number of piperidine rings is 1. The summed E-state index contributed by atoms with van der Waals surface area (Å²) < 4.78 is 5.29. The van der Waals surface area contributed by atoms with Crippen LogP contribution in [-0.2, 0) is 9.59 Å². The molecule has 8 heteroatoms. The molecule has 0 bridgehead atoms. The molecule has 2 aliphatic heterocycles. The molecule has 3 amide bonds. The molecule has 2 heterocycles. The van der Waals surface area contributed by atoms with Gasteiger partial charge in [-0.25, -0.2) is 0 Å². The van der Waals surface area contributed by atoms with Crippen LogP contribution in [0.3, 0.4) is 0 Å². The molecule has 1 saturated heterocycles. The molecule has 2 aliphatic rings. The highest BCUT2D eigenvalue weighted by Gasteiger charge is 2.29. The summed E-state index contributed by atoms with van der Waals surface area (Å²) in [6.45, 7) is 1.31. The number of anilines is 3. The highest BCUT2D eigenvalue weighted by molar-refractivity contribution is 6.04. The van der Waals surface area contributed by atoms with Gasteiger partial charge in [-0.15, -0.1) is 0 Å². The molecule has 8 nitrogen and oxygen atoms in total. The van der Waals surface area contributed by atoms with Crippen LogP contribution in [0.15, 0.2) is 42.5 Å². The minimum Gasteiger partial charge on any atom is -0.495 e. The molecule has 2 aromatic rings. The average molecular weight is 422 g/mol. The number of para-hydroxylation sites is 2. The van der Waals surface area contributed by atoms with E-state index in [9.17, 15) is 14.4 Å². The van der Waals surface area contributed by atoms with Crippen molar-refractivity contribution in [3.63, 3.8) is 0 Å². The molecule has 4 rings (SSSR count). The molecule has 0 aliphatic carbocycles. The zero-order valence-corrected chi connectivity index (χ0v) is 17.7. The van der Waals surface area contributed by atoms with Gasteiger partial charge in [0, 0.05) is 31.6 Å². The summed E-state index contributed by atoms with van der Waals surface area (Å²) >= 11 is 0. The number of rotatable bonds is 4. The van der Waals surface area contributed by atoms with Gasteiger partial charge in [0.25, 0.3) is 5.91 Å². The molecular weight excluding hydrogens is 396 g/mol. The Labute approximate surface area is 181 Å². The number of likely N-dealkylation sites (tertiary alicyclic amines) is 1. The van der Waals surface area contributed by atoms with Crippen LogP contribution in [0.4, 0.5) is 17.1 Å². The molecule has 31 heavy (non-hydrogen) atoms. The smallest absolute Gasteiger partial charge is 0.253 e. The quantitative estimate of drug-likeness (QED) is 0.790. The molecule has 0 atom stereocenters. The third-order valence-corrected chi connectivity index (χ3v) is 5.83. The highest BCUT2D eigenvalue weighted by Crippen LogP contribution is 2.31. The van der Waals surface area contributed by atoms with E-state index in [1.807, 2.05) is 36.2 Å². The fourth-order valence-corrected chi connectivity index (χ4v) is 4.10. The number of nitrogens with zero attached hydrogens (tertiary/aromatic N) is 2. The standard InChI is InChI=1S/C23H26N4O4/c1-26-14-21(28)24-18-13-16(7-8-19(18)26)23(30)27-11-9-15(10-12-27)22(29)25-17-5-3-4-6-20(17)31-2/h3-8,13,15H,9-12,14H2,1-2H3,(H,24,28)(H,25,29). The van der Waals surface area contributed by atoms with Crippen molar-refractivity contribution in [3.05, 3.63) is 48.0 Å². The Morgan fingerprint density at radius 1 is 1.13 bits per heavy atom. The van der Waals surface area contributed by atoms with E-state index < -0.39 is 0 Å². The van der Waals surface area contributed by atoms with Gasteiger partial charge in [0.1, 0.15) is 5.75 Å². The number of benzene rings is 2. The fourth-order valence-electron chi connectivity index (χ4n) is 4.10. The van der Waals surface area contributed by atoms with Crippen molar-refractivity contribution in [2.24, 2.45) is 5.92 Å². The minimum absolute atomic E-state index is 0.0591. The first-order valence-electron chi connectivity index (χ1n) is 10.3. The van der Waals surface area contributed by atoms with E-state index in [1.165, 1.54) is 0 Å². The largest absolute Gasteiger partial charge is 0.495 e. The Bertz CT molecular complexity index is 1010. The van der Waals surface area contributed by atoms with Gasteiger partial charge < -0.3 is 25.2 Å². The number of nitrogens with one attached hydrogen (secondary N) is 2. The number of hydrogen-bond acceptors (Lipinski definition) is 5. The Morgan fingerprint density at radius 3 is 2.61 bits per heavy atom. The van der Waals surface area contributed by atoms with E-state index in [0.717, 1.165) is 5.69 Å². The second kappa shape index (κ2) is 8.67. The summed E-state index contributed by atoms with van der Waals surface area (Å²) in [5, 5.41) is 5.77. The molecule has 162 valence electrons. The maximum absolute atomic E-state index is 13.0. The maximum atomic E-state index is 13.0. The molecular formula is C23H26N4O4. The van der Waals surface area contributed by atoms with Gasteiger partial charge in [0.05, 0.1) is 30.7 Å². The number of amides is 3. The van der Waals surface area contributed by atoms with Crippen LogP contribution < -0.4 is 20.3 Å². The van der Waals surface area contributed by atoms with Crippen molar-refractivity contribution in [1.29, 1.82) is 0 Å². The third-order valence-electron chi connectivity index (χ3n) is 5.83. The first kappa shape index (κ1) is 20.7. The zero-order chi connectivity index (χ0) is 22.0. The van der Waals surface area contributed by atoms with E-state index in [4.69, 9.17) is 4.74 Å². The maximum Gasteiger partial charge on any atom is 0.253 e. The van der Waals surface area contributed by atoms with Crippen LogP contribution in [-0.4, -0.2) is 56.4 Å². The Morgan fingerprint density at radius 2 is 1.87 bits per heavy atom. The summed E-state index contributed by atoms with van der Waals surface area (Å²) in [6.07, 6.45) is 1.19. The van der Waals surface area contributed by atoms with Gasteiger partial charge in [-0.3, -0.25) is 14.4 Å². The van der Waals surface area contributed by atoms with Gasteiger partial charge >= 0.3 is 0 Å². The van der Waals surface area contributed by atoms with Crippen molar-refractivity contribution in [3.8, 4) is 5.75 Å². The molecule has 0 unspecified atom stereocenters. The lowest BCUT2D eigenvalue weighted by Gasteiger charge is -2.32. The zero-order valence-electron chi connectivity index (χ0n) is 17.7. The van der Waals surface area contributed by atoms with E-state index in [0.29, 0.717) is 55.2 Å². The predicted octanol–water partition coefficient (Wildman–Crippen LogP) is 2.57. The Hall–Kier alpha value is -3.55. The van der Waals surface area contributed by atoms with E-state index in [2.05, 4.69) is 10.6 Å². The molecule has 0 radical (unpaired) electrons. The summed E-state index contributed by atoms with van der Waals surface area (Å²) in [5.41, 5.74) is 2.72. The summed E-state index contributed by atoms with van der Waals surface area (Å²) in [7, 11) is 3.42. The lowest BCUT2D eigenvalue weighted by molar-refractivity contribution is -0.121. The number of likely N-dealkylation sites (N-methyl/N-ethyl adjacent to an activating group) is 1. The number of ether oxygens (including phenoxy) is 1. The number of hydrogen-bond donors (Lipinski definition) is 2. The van der Waals surface area contributed by atoms with E-state index in [1.54, 1.807) is 30.2 Å². The predicted molar refractivity (Wildman–Crippen MR) is 119 cm³/mol. The van der Waals surface area contributed by atoms with E-state index >= 15 is 0 Å². The summed E-state index contributed by atoms with van der Waals surface area (Å²) in [4.78, 5) is 41.1. The summed E-state index contributed by atoms with van der Waals surface area (Å²) in [5.74, 6) is 0.213.